The molecule has 0 spiro atoms. The molecule has 1 aromatic rings. The molecule has 0 saturated carbocycles. The Balaban J connectivity index is 2.12. The first-order valence-electron chi connectivity index (χ1n) is 4.92. The van der Waals surface area contributed by atoms with E-state index in [1.165, 1.54) is 6.07 Å². The Morgan fingerprint density at radius 3 is 2.88 bits per heavy atom. The lowest BCUT2D eigenvalue weighted by Gasteiger charge is -2.16. The van der Waals surface area contributed by atoms with Crippen LogP contribution >= 0.6 is 27.5 Å². The SMILES string of the molecule is O=C1CC(Cl)CN1Cc1ccc(Br)cc1F. The van der Waals surface area contributed by atoms with Crippen LogP contribution in [0.1, 0.15) is 12.0 Å². The van der Waals surface area contributed by atoms with Crippen molar-refractivity contribution >= 4 is 33.4 Å². The molecule has 1 fully saturated rings. The van der Waals surface area contributed by atoms with E-state index in [1.54, 1.807) is 17.0 Å². The van der Waals surface area contributed by atoms with Crippen LogP contribution in [0.15, 0.2) is 22.7 Å². The van der Waals surface area contributed by atoms with Crippen molar-refractivity contribution < 1.29 is 9.18 Å². The highest BCUT2D eigenvalue weighted by Gasteiger charge is 2.28. The van der Waals surface area contributed by atoms with Gasteiger partial charge < -0.3 is 4.90 Å². The molecule has 1 unspecified atom stereocenters. The van der Waals surface area contributed by atoms with Gasteiger partial charge in [-0.2, -0.15) is 0 Å². The van der Waals surface area contributed by atoms with Gasteiger partial charge in [0.2, 0.25) is 5.91 Å². The first-order valence-corrected chi connectivity index (χ1v) is 6.15. The number of likely N-dealkylation sites (tertiary alicyclic amines) is 1. The van der Waals surface area contributed by atoms with Gasteiger partial charge in [0.25, 0.3) is 0 Å². The Kier molecular flexibility index (Phi) is 3.50. The molecular formula is C11H10BrClFNO. The zero-order valence-corrected chi connectivity index (χ0v) is 10.8. The standard InChI is InChI=1S/C11H10BrClFNO/c12-8-2-1-7(10(14)3-8)5-15-6-9(13)4-11(15)16/h1-3,9H,4-6H2. The minimum absolute atomic E-state index is 0.0117. The van der Waals surface area contributed by atoms with Crippen molar-refractivity contribution in [2.24, 2.45) is 0 Å². The van der Waals surface area contributed by atoms with E-state index in [4.69, 9.17) is 11.6 Å². The Bertz CT molecular complexity index is 426. The topological polar surface area (TPSA) is 20.3 Å². The lowest BCUT2D eigenvalue weighted by atomic mass is 10.2. The molecule has 86 valence electrons. The van der Waals surface area contributed by atoms with Crippen LogP contribution in [0.25, 0.3) is 0 Å². The average Bonchev–Trinajstić information content (AvgIpc) is 2.50. The van der Waals surface area contributed by atoms with E-state index >= 15 is 0 Å². The highest BCUT2D eigenvalue weighted by Crippen LogP contribution is 2.21. The second kappa shape index (κ2) is 4.72. The molecule has 0 N–H and O–H groups in total. The van der Waals surface area contributed by atoms with E-state index in [2.05, 4.69) is 15.9 Å². The number of benzene rings is 1. The first kappa shape index (κ1) is 11.9. The lowest BCUT2D eigenvalue weighted by Crippen LogP contribution is -2.25. The highest BCUT2D eigenvalue weighted by molar-refractivity contribution is 9.10. The molecular weight excluding hydrogens is 296 g/mol. The van der Waals surface area contributed by atoms with E-state index < -0.39 is 0 Å². The quantitative estimate of drug-likeness (QED) is 0.769. The molecule has 1 amide bonds. The molecule has 0 bridgehead atoms. The third-order valence-corrected chi connectivity index (χ3v) is 3.33. The summed E-state index contributed by atoms with van der Waals surface area (Å²) in [5, 5.41) is -0.147. The summed E-state index contributed by atoms with van der Waals surface area (Å²) in [6, 6.07) is 4.83. The van der Waals surface area contributed by atoms with Gasteiger partial charge in [0.1, 0.15) is 5.82 Å². The van der Waals surface area contributed by atoms with E-state index in [0.717, 1.165) is 0 Å². The summed E-state index contributed by atoms with van der Waals surface area (Å²) in [6.45, 7) is 0.789. The summed E-state index contributed by atoms with van der Waals surface area (Å²) in [6.07, 6.45) is 0.347. The smallest absolute Gasteiger partial charge is 0.224 e. The van der Waals surface area contributed by atoms with Crippen LogP contribution in [0.2, 0.25) is 0 Å². The number of carbonyl (C=O) groups excluding carboxylic acids is 1. The number of alkyl halides is 1. The van der Waals surface area contributed by atoms with E-state index in [9.17, 15) is 9.18 Å². The largest absolute Gasteiger partial charge is 0.337 e. The molecule has 5 heteroatoms. The molecule has 16 heavy (non-hydrogen) atoms. The van der Waals surface area contributed by atoms with Crippen LogP contribution in [0.4, 0.5) is 4.39 Å². The van der Waals surface area contributed by atoms with Crippen molar-refractivity contribution in [2.45, 2.75) is 18.3 Å². The summed E-state index contributed by atoms with van der Waals surface area (Å²) in [4.78, 5) is 13.1. The van der Waals surface area contributed by atoms with Gasteiger partial charge in [-0.1, -0.05) is 22.0 Å². The molecule has 1 aliphatic heterocycles. The summed E-state index contributed by atoms with van der Waals surface area (Å²) in [5.74, 6) is -0.317. The molecule has 0 aromatic heterocycles. The third-order valence-electron chi connectivity index (χ3n) is 2.54. The van der Waals surface area contributed by atoms with Gasteiger partial charge in [0.15, 0.2) is 0 Å². The molecule has 1 aromatic carbocycles. The average molecular weight is 307 g/mol. The van der Waals surface area contributed by atoms with E-state index in [-0.39, 0.29) is 17.1 Å². The number of carbonyl (C=O) groups is 1. The molecule has 2 rings (SSSR count). The number of halogens is 3. The van der Waals surface area contributed by atoms with Crippen LogP contribution in [0.3, 0.4) is 0 Å². The predicted molar refractivity (Wildman–Crippen MR) is 63.8 cm³/mol. The lowest BCUT2D eigenvalue weighted by molar-refractivity contribution is -0.128. The van der Waals surface area contributed by atoms with Crippen LogP contribution in [0, 0.1) is 5.82 Å². The van der Waals surface area contributed by atoms with Gasteiger partial charge in [0, 0.05) is 29.5 Å². The van der Waals surface area contributed by atoms with Crippen LogP contribution in [-0.4, -0.2) is 22.7 Å². The first-order chi connectivity index (χ1) is 7.56. The summed E-state index contributed by atoms with van der Waals surface area (Å²) < 4.78 is 14.2. The van der Waals surface area contributed by atoms with E-state index in [0.29, 0.717) is 29.5 Å². The molecule has 1 aliphatic rings. The summed E-state index contributed by atoms with van der Waals surface area (Å²) in [7, 11) is 0. The monoisotopic (exact) mass is 305 g/mol. The van der Waals surface area contributed by atoms with Crippen molar-refractivity contribution in [1.29, 1.82) is 0 Å². The molecule has 1 saturated heterocycles. The zero-order valence-electron chi connectivity index (χ0n) is 8.42. The third kappa shape index (κ3) is 2.55. The fourth-order valence-electron chi connectivity index (χ4n) is 1.73. The fraction of sp³-hybridized carbons (Fsp3) is 0.364. The van der Waals surface area contributed by atoms with Gasteiger partial charge in [-0.3, -0.25) is 4.79 Å². The molecule has 1 heterocycles. The highest BCUT2D eigenvalue weighted by atomic mass is 79.9. The summed E-state index contributed by atoms with van der Waals surface area (Å²) >= 11 is 9.06. The number of rotatable bonds is 2. The molecule has 2 nitrogen and oxygen atoms in total. The van der Waals surface area contributed by atoms with Crippen molar-refractivity contribution in [2.75, 3.05) is 6.54 Å². The second-order valence-electron chi connectivity index (χ2n) is 3.81. The minimum Gasteiger partial charge on any atom is -0.337 e. The number of hydrogen-bond acceptors (Lipinski definition) is 1. The Morgan fingerprint density at radius 1 is 1.56 bits per heavy atom. The maximum Gasteiger partial charge on any atom is 0.224 e. The number of amides is 1. The van der Waals surface area contributed by atoms with Gasteiger partial charge in [0.05, 0.1) is 5.38 Å². The van der Waals surface area contributed by atoms with Crippen molar-refractivity contribution in [3.63, 3.8) is 0 Å². The Hall–Kier alpha value is -0.610. The summed E-state index contributed by atoms with van der Waals surface area (Å²) in [5.41, 5.74) is 0.516. The predicted octanol–water partition coefficient (Wildman–Crippen LogP) is 2.93. The van der Waals surface area contributed by atoms with Crippen LogP contribution < -0.4 is 0 Å². The normalized spacial score (nSPS) is 20.6. The van der Waals surface area contributed by atoms with Gasteiger partial charge in [-0.05, 0) is 12.1 Å². The van der Waals surface area contributed by atoms with Crippen molar-refractivity contribution in [3.8, 4) is 0 Å². The number of nitrogens with zero attached hydrogens (tertiary/aromatic N) is 1. The van der Waals surface area contributed by atoms with Gasteiger partial charge in [-0.15, -0.1) is 11.6 Å². The maximum absolute atomic E-state index is 13.5. The Labute approximate surface area is 107 Å². The minimum atomic E-state index is -0.305. The number of hydrogen-bond donors (Lipinski definition) is 0. The van der Waals surface area contributed by atoms with Crippen molar-refractivity contribution in [1.82, 2.24) is 4.90 Å². The molecule has 0 aliphatic carbocycles. The fourth-order valence-corrected chi connectivity index (χ4v) is 2.36. The van der Waals surface area contributed by atoms with Gasteiger partial charge in [-0.25, -0.2) is 4.39 Å². The van der Waals surface area contributed by atoms with Crippen LogP contribution in [-0.2, 0) is 11.3 Å². The Morgan fingerprint density at radius 2 is 2.31 bits per heavy atom. The van der Waals surface area contributed by atoms with Crippen molar-refractivity contribution in [3.05, 3.63) is 34.1 Å². The van der Waals surface area contributed by atoms with Gasteiger partial charge >= 0.3 is 0 Å². The zero-order chi connectivity index (χ0) is 11.7. The molecule has 0 radical (unpaired) electrons. The molecule has 1 atom stereocenters. The van der Waals surface area contributed by atoms with Crippen LogP contribution in [0.5, 0.6) is 0 Å². The second-order valence-corrected chi connectivity index (χ2v) is 5.34. The van der Waals surface area contributed by atoms with E-state index in [1.807, 2.05) is 0 Å². The maximum atomic E-state index is 13.5.